The van der Waals surface area contributed by atoms with Crippen molar-refractivity contribution in [2.45, 2.75) is 46.8 Å². The van der Waals surface area contributed by atoms with Gasteiger partial charge in [0.25, 0.3) is 0 Å². The summed E-state index contributed by atoms with van der Waals surface area (Å²) >= 11 is 0. The monoisotopic (exact) mass is 417 g/mol. The summed E-state index contributed by atoms with van der Waals surface area (Å²) in [7, 11) is 0. The zero-order valence-corrected chi connectivity index (χ0v) is 17.7. The molecule has 1 aromatic carbocycles. The van der Waals surface area contributed by atoms with Crippen molar-refractivity contribution < 1.29 is 28.7 Å². The second kappa shape index (κ2) is 8.73. The van der Waals surface area contributed by atoms with E-state index in [0.29, 0.717) is 17.3 Å². The number of urea groups is 1. The molecule has 1 aromatic rings. The van der Waals surface area contributed by atoms with Crippen LogP contribution in [0.3, 0.4) is 0 Å². The van der Waals surface area contributed by atoms with E-state index in [-0.39, 0.29) is 25.1 Å². The highest BCUT2D eigenvalue weighted by Gasteiger charge is 2.45. The summed E-state index contributed by atoms with van der Waals surface area (Å²) in [6.45, 7) is 7.75. The number of nitrogens with zero attached hydrogens (tertiary/aromatic N) is 2. The summed E-state index contributed by atoms with van der Waals surface area (Å²) in [6, 6.07) is 2.99. The third kappa shape index (κ3) is 4.39. The Labute approximate surface area is 175 Å². The van der Waals surface area contributed by atoms with Gasteiger partial charge < -0.3 is 14.8 Å². The fourth-order valence-corrected chi connectivity index (χ4v) is 3.52. The van der Waals surface area contributed by atoms with E-state index < -0.39 is 30.3 Å². The zero-order chi connectivity index (χ0) is 22.0. The number of hydrogen-bond acceptors (Lipinski definition) is 6. The van der Waals surface area contributed by atoms with Crippen LogP contribution in [0.15, 0.2) is 12.1 Å². The molecule has 162 valence electrons. The van der Waals surface area contributed by atoms with Crippen LogP contribution < -0.4 is 14.8 Å². The average molecular weight is 417 g/mol. The first-order chi connectivity index (χ1) is 14.2. The first-order valence-electron chi connectivity index (χ1n) is 10.1. The van der Waals surface area contributed by atoms with E-state index in [1.165, 1.54) is 0 Å². The van der Waals surface area contributed by atoms with Gasteiger partial charge in [-0.05, 0) is 31.9 Å². The van der Waals surface area contributed by atoms with Crippen LogP contribution in [0.4, 0.5) is 4.79 Å². The molecule has 9 heteroatoms. The molecule has 0 unspecified atom stereocenters. The van der Waals surface area contributed by atoms with E-state index in [1.54, 1.807) is 0 Å². The Morgan fingerprint density at radius 3 is 2.60 bits per heavy atom. The summed E-state index contributed by atoms with van der Waals surface area (Å²) < 4.78 is 11.5. The van der Waals surface area contributed by atoms with Gasteiger partial charge in [0.2, 0.25) is 5.91 Å². The average Bonchev–Trinajstić information content (AvgIpc) is 3.13. The minimum absolute atomic E-state index is 0.0150. The highest BCUT2D eigenvalue weighted by atomic mass is 16.5. The smallest absolute Gasteiger partial charge is 0.334 e. The fraction of sp³-hybridized carbons (Fsp3) is 0.524. The Kier molecular flexibility index (Phi) is 6.28. The van der Waals surface area contributed by atoms with Crippen molar-refractivity contribution in [3.8, 4) is 11.5 Å². The second-order valence-corrected chi connectivity index (χ2v) is 7.89. The molecule has 0 aromatic heterocycles. The van der Waals surface area contributed by atoms with E-state index >= 15 is 0 Å². The van der Waals surface area contributed by atoms with Crippen LogP contribution >= 0.6 is 0 Å². The number of benzene rings is 1. The molecule has 1 fully saturated rings. The molecule has 1 saturated heterocycles. The van der Waals surface area contributed by atoms with Gasteiger partial charge in [0.15, 0.2) is 0 Å². The third-order valence-corrected chi connectivity index (χ3v) is 4.84. The molecule has 5 amide bonds. The Balaban J connectivity index is 1.65. The number of hydrogen-bond donors (Lipinski definition) is 1. The molecule has 2 heterocycles. The predicted molar refractivity (Wildman–Crippen MR) is 107 cm³/mol. The van der Waals surface area contributed by atoms with Crippen LogP contribution in [0.1, 0.15) is 38.8 Å². The second-order valence-electron chi connectivity index (χ2n) is 7.89. The third-order valence-electron chi connectivity index (χ3n) is 4.84. The first-order valence-corrected chi connectivity index (χ1v) is 10.1. The molecule has 1 N–H and O–H groups in total. The summed E-state index contributed by atoms with van der Waals surface area (Å²) in [4.78, 5) is 50.5. The zero-order valence-electron chi connectivity index (χ0n) is 17.7. The summed E-state index contributed by atoms with van der Waals surface area (Å²) in [5.41, 5.74) is 1.78. The minimum atomic E-state index is -0.981. The summed E-state index contributed by atoms with van der Waals surface area (Å²) in [6.07, 6.45) is 0.875. The lowest BCUT2D eigenvalue weighted by molar-refractivity contribution is -0.144. The van der Waals surface area contributed by atoms with Gasteiger partial charge in [-0.15, -0.1) is 0 Å². The molecule has 9 nitrogen and oxygen atoms in total. The van der Waals surface area contributed by atoms with Gasteiger partial charge >= 0.3 is 17.8 Å². The Morgan fingerprint density at radius 2 is 1.93 bits per heavy atom. The van der Waals surface area contributed by atoms with E-state index in [9.17, 15) is 19.2 Å². The van der Waals surface area contributed by atoms with Crippen molar-refractivity contribution in [2.75, 3.05) is 19.7 Å². The Morgan fingerprint density at radius 1 is 1.23 bits per heavy atom. The molecule has 0 spiro atoms. The van der Waals surface area contributed by atoms with Gasteiger partial charge in [-0.25, -0.2) is 9.69 Å². The van der Waals surface area contributed by atoms with Crippen molar-refractivity contribution in [2.24, 2.45) is 5.92 Å². The molecule has 0 saturated carbocycles. The topological polar surface area (TPSA) is 105 Å². The molecule has 3 rings (SSSR count). The molecular weight excluding hydrogens is 390 g/mol. The largest absolute Gasteiger partial charge is 0.494 e. The number of rotatable bonds is 8. The number of ether oxygens (including phenoxy) is 2. The maximum Gasteiger partial charge on any atom is 0.334 e. The molecule has 0 radical (unpaired) electrons. The molecular formula is C21H27N3O6. The molecule has 0 bridgehead atoms. The molecule has 0 aliphatic carbocycles. The van der Waals surface area contributed by atoms with Crippen LogP contribution in [0.25, 0.3) is 0 Å². The van der Waals surface area contributed by atoms with Gasteiger partial charge in [-0.1, -0.05) is 13.8 Å². The van der Waals surface area contributed by atoms with E-state index in [2.05, 4.69) is 5.32 Å². The van der Waals surface area contributed by atoms with Gasteiger partial charge in [0, 0.05) is 30.6 Å². The SMILES string of the molecule is CCOc1cc2c(cc1CNC(=O)CN1C(=O)C(=O)N(CC(C)C)C1=O)O[C@H](C)C2. The molecule has 2 aliphatic rings. The van der Waals surface area contributed by atoms with Crippen molar-refractivity contribution in [1.29, 1.82) is 0 Å². The van der Waals surface area contributed by atoms with Crippen LogP contribution in [0, 0.1) is 5.92 Å². The standard InChI is InChI=1S/C21H27N3O6/c1-5-29-16-7-14-6-13(4)30-17(14)8-15(16)9-22-18(25)11-24-20(27)19(26)23(21(24)28)10-12(2)3/h7-8,12-13H,5-6,9-11H2,1-4H3,(H,22,25)/t13-/m1/s1. The van der Waals surface area contributed by atoms with Crippen LogP contribution in [-0.2, 0) is 27.3 Å². The lowest BCUT2D eigenvalue weighted by atomic mass is 10.1. The normalized spacial score (nSPS) is 18.2. The minimum Gasteiger partial charge on any atom is -0.494 e. The van der Waals surface area contributed by atoms with E-state index in [0.717, 1.165) is 28.2 Å². The summed E-state index contributed by atoms with van der Waals surface area (Å²) in [5.74, 6) is -0.999. The van der Waals surface area contributed by atoms with Crippen LogP contribution in [0.2, 0.25) is 0 Å². The van der Waals surface area contributed by atoms with Gasteiger partial charge in [-0.2, -0.15) is 0 Å². The number of carbonyl (C=O) groups excluding carboxylic acids is 4. The van der Waals surface area contributed by atoms with Gasteiger partial charge in [0.1, 0.15) is 24.1 Å². The number of amides is 5. The highest BCUT2D eigenvalue weighted by Crippen LogP contribution is 2.35. The quantitative estimate of drug-likeness (QED) is 0.507. The van der Waals surface area contributed by atoms with Crippen LogP contribution in [0.5, 0.6) is 11.5 Å². The number of fused-ring (bicyclic) bond motifs is 1. The van der Waals surface area contributed by atoms with E-state index in [4.69, 9.17) is 9.47 Å². The van der Waals surface area contributed by atoms with E-state index in [1.807, 2.05) is 39.8 Å². The van der Waals surface area contributed by atoms with Crippen molar-refractivity contribution >= 4 is 23.8 Å². The lowest BCUT2D eigenvalue weighted by Gasteiger charge is -2.17. The maximum atomic E-state index is 12.4. The number of nitrogens with one attached hydrogen (secondary N) is 1. The number of carbonyl (C=O) groups is 4. The highest BCUT2D eigenvalue weighted by molar-refractivity contribution is 6.45. The Bertz CT molecular complexity index is 882. The van der Waals surface area contributed by atoms with Gasteiger partial charge in [0.05, 0.1) is 6.61 Å². The molecule has 2 aliphatic heterocycles. The predicted octanol–water partition coefficient (Wildman–Crippen LogP) is 1.47. The van der Waals surface area contributed by atoms with Crippen molar-refractivity contribution in [3.05, 3.63) is 23.3 Å². The van der Waals surface area contributed by atoms with Crippen molar-refractivity contribution in [3.63, 3.8) is 0 Å². The fourth-order valence-electron chi connectivity index (χ4n) is 3.52. The lowest BCUT2D eigenvalue weighted by Crippen LogP contribution is -2.41. The van der Waals surface area contributed by atoms with Crippen LogP contribution in [-0.4, -0.2) is 59.4 Å². The maximum absolute atomic E-state index is 12.4. The molecule has 1 atom stereocenters. The first kappa shape index (κ1) is 21.6. The van der Waals surface area contributed by atoms with Crippen molar-refractivity contribution in [1.82, 2.24) is 15.1 Å². The summed E-state index contributed by atoms with van der Waals surface area (Å²) in [5, 5.41) is 2.69. The number of imide groups is 2. The Hall–Kier alpha value is -3.10. The van der Waals surface area contributed by atoms with Gasteiger partial charge in [-0.3, -0.25) is 19.3 Å². The molecule has 30 heavy (non-hydrogen) atoms.